The van der Waals surface area contributed by atoms with Gasteiger partial charge in [-0.2, -0.15) is 0 Å². The third-order valence-electron chi connectivity index (χ3n) is 2.79. The number of hydrogen-bond acceptors (Lipinski definition) is 0. The van der Waals surface area contributed by atoms with E-state index in [9.17, 15) is 22.0 Å². The quantitative estimate of drug-likeness (QED) is 0.536. The lowest BCUT2D eigenvalue weighted by Crippen LogP contribution is -2.05. The van der Waals surface area contributed by atoms with E-state index in [4.69, 9.17) is 0 Å². The predicted molar refractivity (Wildman–Crippen MR) is 68.0 cm³/mol. The second kappa shape index (κ2) is 5.91. The lowest BCUT2D eigenvalue weighted by Gasteiger charge is -2.13. The molecule has 2 rings (SSSR count). The van der Waals surface area contributed by atoms with Gasteiger partial charge in [0.2, 0.25) is 0 Å². The monoisotopic (exact) mass is 350 g/mol. The van der Waals surface area contributed by atoms with Gasteiger partial charge in [-0.15, -0.1) is 0 Å². The van der Waals surface area contributed by atoms with Gasteiger partial charge in [0.15, 0.2) is 11.6 Å². The number of rotatable bonds is 3. The van der Waals surface area contributed by atoms with Crippen molar-refractivity contribution in [3.05, 3.63) is 70.5 Å². The maximum Gasteiger partial charge on any atom is 0.162 e. The van der Waals surface area contributed by atoms with Crippen molar-refractivity contribution in [2.24, 2.45) is 0 Å². The van der Waals surface area contributed by atoms with Gasteiger partial charge >= 0.3 is 0 Å². The van der Waals surface area contributed by atoms with Gasteiger partial charge < -0.3 is 0 Å². The SMILES string of the molecule is Fc1cc(F)c(C(Br)Cc2cccc(F)c2F)c(F)c1. The lowest BCUT2D eigenvalue weighted by molar-refractivity contribution is 0.494. The minimum absolute atomic E-state index is 0.0324. The number of alkyl halides is 1. The zero-order valence-corrected chi connectivity index (χ0v) is 11.5. The van der Waals surface area contributed by atoms with E-state index in [0.717, 1.165) is 6.07 Å². The Balaban J connectivity index is 2.33. The average molecular weight is 351 g/mol. The zero-order valence-electron chi connectivity index (χ0n) is 9.94. The average Bonchev–Trinajstić information content (AvgIpc) is 2.33. The first-order valence-electron chi connectivity index (χ1n) is 5.61. The van der Waals surface area contributed by atoms with Crippen LogP contribution in [0.1, 0.15) is 16.0 Å². The Bertz CT molecular complexity index is 618. The van der Waals surface area contributed by atoms with Crippen molar-refractivity contribution in [1.29, 1.82) is 0 Å². The first-order valence-corrected chi connectivity index (χ1v) is 6.53. The van der Waals surface area contributed by atoms with E-state index in [2.05, 4.69) is 15.9 Å². The maximum atomic E-state index is 13.6. The van der Waals surface area contributed by atoms with Gasteiger partial charge in [0.1, 0.15) is 17.5 Å². The van der Waals surface area contributed by atoms with Crippen LogP contribution in [0.4, 0.5) is 22.0 Å². The highest BCUT2D eigenvalue weighted by Crippen LogP contribution is 2.32. The maximum absolute atomic E-state index is 13.6. The fourth-order valence-electron chi connectivity index (χ4n) is 1.85. The minimum atomic E-state index is -1.08. The molecule has 0 amide bonds. The molecule has 20 heavy (non-hydrogen) atoms. The molecule has 0 heterocycles. The van der Waals surface area contributed by atoms with E-state index in [-0.39, 0.29) is 12.0 Å². The highest BCUT2D eigenvalue weighted by molar-refractivity contribution is 9.09. The first kappa shape index (κ1) is 15.0. The van der Waals surface area contributed by atoms with Crippen LogP contribution in [0.25, 0.3) is 0 Å². The van der Waals surface area contributed by atoms with Gasteiger partial charge in [-0.05, 0) is 18.1 Å². The molecule has 0 fully saturated rings. The Morgan fingerprint density at radius 1 is 0.900 bits per heavy atom. The van der Waals surface area contributed by atoms with Crippen molar-refractivity contribution in [1.82, 2.24) is 0 Å². The normalized spacial score (nSPS) is 12.5. The van der Waals surface area contributed by atoms with Gasteiger partial charge in [0, 0.05) is 22.5 Å². The number of benzene rings is 2. The Labute approximate surface area is 120 Å². The van der Waals surface area contributed by atoms with E-state index in [1.165, 1.54) is 12.1 Å². The zero-order chi connectivity index (χ0) is 14.9. The van der Waals surface area contributed by atoms with Crippen LogP contribution in [0, 0.1) is 29.1 Å². The topological polar surface area (TPSA) is 0 Å². The van der Waals surface area contributed by atoms with E-state index in [1.807, 2.05) is 0 Å². The summed E-state index contributed by atoms with van der Waals surface area (Å²) < 4.78 is 66.5. The lowest BCUT2D eigenvalue weighted by atomic mass is 10.0. The Morgan fingerprint density at radius 3 is 2.10 bits per heavy atom. The summed E-state index contributed by atoms with van der Waals surface area (Å²) in [5.74, 6) is -5.31. The smallest absolute Gasteiger partial charge is 0.162 e. The molecule has 106 valence electrons. The van der Waals surface area contributed by atoms with Crippen LogP contribution in [-0.2, 0) is 6.42 Å². The van der Waals surface area contributed by atoms with Gasteiger partial charge in [-0.1, -0.05) is 28.1 Å². The van der Waals surface area contributed by atoms with Crippen molar-refractivity contribution >= 4 is 15.9 Å². The fourth-order valence-corrected chi connectivity index (χ4v) is 2.64. The minimum Gasteiger partial charge on any atom is -0.207 e. The summed E-state index contributed by atoms with van der Waals surface area (Å²) >= 11 is 3.02. The van der Waals surface area contributed by atoms with Gasteiger partial charge in [0.05, 0.1) is 0 Å². The van der Waals surface area contributed by atoms with E-state index < -0.39 is 39.5 Å². The van der Waals surface area contributed by atoms with E-state index in [1.54, 1.807) is 0 Å². The highest BCUT2D eigenvalue weighted by Gasteiger charge is 2.21. The second-order valence-corrected chi connectivity index (χ2v) is 5.27. The summed E-state index contributed by atoms with van der Waals surface area (Å²) in [6.45, 7) is 0. The Morgan fingerprint density at radius 2 is 1.50 bits per heavy atom. The molecule has 0 N–H and O–H groups in total. The summed E-state index contributed by atoms with van der Waals surface area (Å²) in [4.78, 5) is -0.945. The van der Waals surface area contributed by atoms with Crippen LogP contribution >= 0.6 is 15.9 Å². The van der Waals surface area contributed by atoms with Gasteiger partial charge in [-0.3, -0.25) is 0 Å². The highest BCUT2D eigenvalue weighted by atomic mass is 79.9. The molecule has 6 heteroatoms. The third-order valence-corrected chi connectivity index (χ3v) is 3.57. The van der Waals surface area contributed by atoms with Crippen LogP contribution in [0.3, 0.4) is 0 Å². The van der Waals surface area contributed by atoms with Crippen LogP contribution in [0.2, 0.25) is 0 Å². The molecule has 0 bridgehead atoms. The second-order valence-electron chi connectivity index (χ2n) is 4.17. The number of halogens is 6. The molecule has 0 aromatic heterocycles. The summed E-state index contributed by atoms with van der Waals surface area (Å²) in [5.41, 5.74) is -0.454. The van der Waals surface area contributed by atoms with Crippen molar-refractivity contribution in [3.8, 4) is 0 Å². The van der Waals surface area contributed by atoms with Crippen molar-refractivity contribution in [3.63, 3.8) is 0 Å². The van der Waals surface area contributed by atoms with Crippen LogP contribution in [-0.4, -0.2) is 0 Å². The molecular formula is C14H8BrF5. The van der Waals surface area contributed by atoms with Crippen molar-refractivity contribution < 1.29 is 22.0 Å². The van der Waals surface area contributed by atoms with Crippen LogP contribution in [0.5, 0.6) is 0 Å². The Kier molecular flexibility index (Phi) is 4.42. The van der Waals surface area contributed by atoms with E-state index >= 15 is 0 Å². The summed E-state index contributed by atoms with van der Waals surface area (Å²) in [5, 5.41) is 0. The molecule has 0 aliphatic heterocycles. The summed E-state index contributed by atoms with van der Waals surface area (Å²) in [6, 6.07) is 4.63. The molecule has 0 radical (unpaired) electrons. The molecular weight excluding hydrogens is 343 g/mol. The van der Waals surface area contributed by atoms with Crippen LogP contribution in [0.15, 0.2) is 30.3 Å². The van der Waals surface area contributed by atoms with Gasteiger partial charge in [0.25, 0.3) is 0 Å². The van der Waals surface area contributed by atoms with Gasteiger partial charge in [-0.25, -0.2) is 22.0 Å². The van der Waals surface area contributed by atoms with Crippen molar-refractivity contribution in [2.45, 2.75) is 11.2 Å². The molecule has 0 spiro atoms. The molecule has 1 unspecified atom stereocenters. The molecule has 1 atom stereocenters. The summed E-state index contributed by atoms with van der Waals surface area (Å²) in [7, 11) is 0. The molecule has 2 aromatic carbocycles. The predicted octanol–water partition coefficient (Wildman–Crippen LogP) is 5.06. The molecule has 0 saturated heterocycles. The molecule has 0 saturated carbocycles. The molecule has 0 nitrogen and oxygen atoms in total. The molecule has 0 aliphatic carbocycles. The van der Waals surface area contributed by atoms with Crippen molar-refractivity contribution in [2.75, 3.05) is 0 Å². The van der Waals surface area contributed by atoms with E-state index in [0.29, 0.717) is 12.1 Å². The summed E-state index contributed by atoms with van der Waals surface area (Å²) in [6.07, 6.45) is -0.178. The Hall–Kier alpha value is -1.43. The molecule has 0 aliphatic rings. The number of hydrogen-bond donors (Lipinski definition) is 0. The fraction of sp³-hybridized carbons (Fsp3) is 0.143. The molecule has 2 aromatic rings. The third kappa shape index (κ3) is 3.00. The van der Waals surface area contributed by atoms with Crippen LogP contribution < -0.4 is 0 Å². The standard InChI is InChI=1S/C14H8BrF5/c15-9(4-7-2-1-3-10(17)14(7)20)13-11(18)5-8(16)6-12(13)19/h1-3,5-6,9H,4H2. The first-order chi connectivity index (χ1) is 9.40. The largest absolute Gasteiger partial charge is 0.207 e.